The standard InChI is InChI=1S/C21H23ClN4O/c1-25-14-24-18-12-15(8-9-19(18)25)21(27)23-13-20(26-10-4-5-11-26)16-6-2-3-7-17(16)22/h2-3,6-9,12,14,20H,4-5,10-11,13H2,1H3,(H,23,27). The van der Waals surface area contributed by atoms with E-state index in [1.54, 1.807) is 6.33 Å². The van der Waals surface area contributed by atoms with Gasteiger partial charge in [0.05, 0.1) is 23.4 Å². The number of imidazole rings is 1. The normalized spacial score (nSPS) is 15.9. The van der Waals surface area contributed by atoms with Gasteiger partial charge in [0.15, 0.2) is 0 Å². The zero-order valence-electron chi connectivity index (χ0n) is 15.4. The van der Waals surface area contributed by atoms with Crippen molar-refractivity contribution in [2.24, 2.45) is 7.05 Å². The number of aromatic nitrogens is 2. The maximum atomic E-state index is 12.7. The number of amides is 1. The van der Waals surface area contributed by atoms with E-state index in [4.69, 9.17) is 11.6 Å². The number of nitrogens with zero attached hydrogens (tertiary/aromatic N) is 3. The smallest absolute Gasteiger partial charge is 0.251 e. The van der Waals surface area contributed by atoms with Gasteiger partial charge in [-0.3, -0.25) is 9.69 Å². The Morgan fingerprint density at radius 2 is 2.00 bits per heavy atom. The SMILES string of the molecule is Cn1cnc2cc(C(=O)NCC(c3ccccc3Cl)N3CCCC3)ccc21. The molecule has 0 aliphatic carbocycles. The van der Waals surface area contributed by atoms with Crippen LogP contribution in [-0.2, 0) is 7.05 Å². The number of nitrogens with one attached hydrogen (secondary N) is 1. The van der Waals surface area contributed by atoms with Gasteiger partial charge in [0.1, 0.15) is 0 Å². The number of rotatable bonds is 5. The number of hydrogen-bond acceptors (Lipinski definition) is 3. The van der Waals surface area contributed by atoms with E-state index in [0.717, 1.165) is 34.7 Å². The van der Waals surface area contributed by atoms with Crippen molar-refractivity contribution >= 4 is 28.5 Å². The monoisotopic (exact) mass is 382 g/mol. The van der Waals surface area contributed by atoms with Gasteiger partial charge in [0.25, 0.3) is 5.91 Å². The Kier molecular flexibility index (Phi) is 5.14. The lowest BCUT2D eigenvalue weighted by molar-refractivity contribution is 0.0938. The van der Waals surface area contributed by atoms with Crippen molar-refractivity contribution in [2.75, 3.05) is 19.6 Å². The Bertz CT molecular complexity index is 962. The fraction of sp³-hybridized carbons (Fsp3) is 0.333. The Morgan fingerprint density at radius 1 is 1.22 bits per heavy atom. The molecule has 1 atom stereocenters. The van der Waals surface area contributed by atoms with Gasteiger partial charge in [-0.25, -0.2) is 4.98 Å². The Balaban J connectivity index is 1.52. The maximum Gasteiger partial charge on any atom is 0.251 e. The molecule has 1 fully saturated rings. The van der Waals surface area contributed by atoms with E-state index in [1.807, 2.05) is 48.0 Å². The van der Waals surface area contributed by atoms with Crippen molar-refractivity contribution < 1.29 is 4.79 Å². The number of hydrogen-bond donors (Lipinski definition) is 1. The second-order valence-electron chi connectivity index (χ2n) is 7.05. The zero-order valence-corrected chi connectivity index (χ0v) is 16.1. The third-order valence-corrected chi connectivity index (χ3v) is 5.63. The molecule has 1 aromatic heterocycles. The molecule has 1 aliphatic rings. The molecule has 2 aromatic carbocycles. The number of halogens is 1. The first-order chi connectivity index (χ1) is 13.1. The molecule has 0 spiro atoms. The number of carbonyl (C=O) groups excluding carboxylic acids is 1. The van der Waals surface area contributed by atoms with E-state index in [9.17, 15) is 4.79 Å². The lowest BCUT2D eigenvalue weighted by Gasteiger charge is -2.29. The van der Waals surface area contributed by atoms with E-state index >= 15 is 0 Å². The number of benzene rings is 2. The lowest BCUT2D eigenvalue weighted by atomic mass is 10.0. The molecule has 1 saturated heterocycles. The highest BCUT2D eigenvalue weighted by atomic mass is 35.5. The summed E-state index contributed by atoms with van der Waals surface area (Å²) in [5.74, 6) is -0.0844. The molecule has 6 heteroatoms. The molecule has 1 amide bonds. The highest BCUT2D eigenvalue weighted by molar-refractivity contribution is 6.31. The summed E-state index contributed by atoms with van der Waals surface area (Å²) in [5.41, 5.74) is 3.53. The van der Waals surface area contributed by atoms with Crippen molar-refractivity contribution in [3.63, 3.8) is 0 Å². The van der Waals surface area contributed by atoms with Crippen molar-refractivity contribution in [1.82, 2.24) is 19.8 Å². The lowest BCUT2D eigenvalue weighted by Crippen LogP contribution is -2.37. The summed E-state index contributed by atoms with van der Waals surface area (Å²) in [4.78, 5) is 19.5. The molecular weight excluding hydrogens is 360 g/mol. The van der Waals surface area contributed by atoms with Crippen LogP contribution in [0.1, 0.15) is 34.8 Å². The van der Waals surface area contributed by atoms with Gasteiger partial charge >= 0.3 is 0 Å². The van der Waals surface area contributed by atoms with Crippen LogP contribution >= 0.6 is 11.6 Å². The summed E-state index contributed by atoms with van der Waals surface area (Å²) in [6.45, 7) is 2.60. The van der Waals surface area contributed by atoms with Gasteiger partial charge in [0, 0.05) is 24.2 Å². The number of likely N-dealkylation sites (tertiary alicyclic amines) is 1. The molecule has 4 rings (SSSR count). The first-order valence-corrected chi connectivity index (χ1v) is 9.69. The van der Waals surface area contributed by atoms with Crippen LogP contribution in [0.2, 0.25) is 5.02 Å². The van der Waals surface area contributed by atoms with Crippen molar-refractivity contribution in [1.29, 1.82) is 0 Å². The van der Waals surface area contributed by atoms with Gasteiger partial charge in [0.2, 0.25) is 0 Å². The van der Waals surface area contributed by atoms with Crippen LogP contribution in [-0.4, -0.2) is 40.0 Å². The third-order valence-electron chi connectivity index (χ3n) is 5.29. The largest absolute Gasteiger partial charge is 0.350 e. The molecule has 1 N–H and O–H groups in total. The van der Waals surface area contributed by atoms with Gasteiger partial charge in [-0.15, -0.1) is 0 Å². The van der Waals surface area contributed by atoms with E-state index in [0.29, 0.717) is 12.1 Å². The third kappa shape index (κ3) is 3.70. The van der Waals surface area contributed by atoms with E-state index in [1.165, 1.54) is 12.8 Å². The summed E-state index contributed by atoms with van der Waals surface area (Å²) < 4.78 is 1.94. The molecule has 0 radical (unpaired) electrons. The topological polar surface area (TPSA) is 50.2 Å². The number of fused-ring (bicyclic) bond motifs is 1. The summed E-state index contributed by atoms with van der Waals surface area (Å²) in [7, 11) is 1.94. The highest BCUT2D eigenvalue weighted by Gasteiger charge is 2.25. The van der Waals surface area contributed by atoms with Crippen LogP contribution in [0.5, 0.6) is 0 Å². The minimum Gasteiger partial charge on any atom is -0.350 e. The molecule has 27 heavy (non-hydrogen) atoms. The van der Waals surface area contributed by atoms with E-state index in [-0.39, 0.29) is 11.9 Å². The van der Waals surface area contributed by atoms with E-state index in [2.05, 4.69) is 21.3 Å². The van der Waals surface area contributed by atoms with Gasteiger partial charge in [-0.1, -0.05) is 29.8 Å². The van der Waals surface area contributed by atoms with Crippen LogP contribution in [0.4, 0.5) is 0 Å². The van der Waals surface area contributed by atoms with Crippen molar-refractivity contribution in [3.05, 3.63) is 64.9 Å². The fourth-order valence-electron chi connectivity index (χ4n) is 3.80. The molecular formula is C21H23ClN4O. The maximum absolute atomic E-state index is 12.7. The minimum atomic E-state index is -0.0844. The first kappa shape index (κ1) is 18.0. The molecule has 3 aromatic rings. The zero-order chi connectivity index (χ0) is 18.8. The van der Waals surface area contributed by atoms with Crippen LogP contribution in [0, 0.1) is 0 Å². The van der Waals surface area contributed by atoms with Gasteiger partial charge < -0.3 is 9.88 Å². The molecule has 140 valence electrons. The summed E-state index contributed by atoms with van der Waals surface area (Å²) in [6, 6.07) is 13.6. The Hall–Kier alpha value is -2.37. The molecule has 0 saturated carbocycles. The van der Waals surface area contributed by atoms with Crippen LogP contribution in [0.25, 0.3) is 11.0 Å². The first-order valence-electron chi connectivity index (χ1n) is 9.31. The average molecular weight is 383 g/mol. The molecule has 1 unspecified atom stereocenters. The van der Waals surface area contributed by atoms with Crippen molar-refractivity contribution in [2.45, 2.75) is 18.9 Å². The molecule has 1 aliphatic heterocycles. The average Bonchev–Trinajstić information content (AvgIpc) is 3.33. The molecule has 2 heterocycles. The predicted molar refractivity (Wildman–Crippen MR) is 108 cm³/mol. The van der Waals surface area contributed by atoms with Crippen LogP contribution in [0.3, 0.4) is 0 Å². The molecule has 0 bridgehead atoms. The fourth-order valence-corrected chi connectivity index (χ4v) is 4.06. The molecule has 5 nitrogen and oxygen atoms in total. The summed E-state index contributed by atoms with van der Waals surface area (Å²) >= 11 is 6.45. The summed E-state index contributed by atoms with van der Waals surface area (Å²) in [5, 5.41) is 3.85. The Labute approximate surface area is 163 Å². The second kappa shape index (κ2) is 7.71. The Morgan fingerprint density at radius 3 is 2.78 bits per heavy atom. The predicted octanol–water partition coefficient (Wildman–Crippen LogP) is 3.79. The highest BCUT2D eigenvalue weighted by Crippen LogP contribution is 2.29. The van der Waals surface area contributed by atoms with Crippen molar-refractivity contribution in [3.8, 4) is 0 Å². The quantitative estimate of drug-likeness (QED) is 0.730. The van der Waals surface area contributed by atoms with Crippen LogP contribution < -0.4 is 5.32 Å². The van der Waals surface area contributed by atoms with E-state index < -0.39 is 0 Å². The van der Waals surface area contributed by atoms with Gasteiger partial charge in [-0.2, -0.15) is 0 Å². The second-order valence-corrected chi connectivity index (χ2v) is 7.46. The number of carbonyl (C=O) groups is 1. The minimum absolute atomic E-state index is 0.0844. The van der Waals surface area contributed by atoms with Crippen LogP contribution in [0.15, 0.2) is 48.8 Å². The summed E-state index contributed by atoms with van der Waals surface area (Å²) in [6.07, 6.45) is 4.13. The van der Waals surface area contributed by atoms with Gasteiger partial charge in [-0.05, 0) is 55.8 Å². The number of aryl methyl sites for hydroxylation is 1.